The first kappa shape index (κ1) is 20.2. The van der Waals surface area contributed by atoms with E-state index in [0.29, 0.717) is 4.34 Å². The lowest BCUT2D eigenvalue weighted by atomic mass is 10.2. The summed E-state index contributed by atoms with van der Waals surface area (Å²) in [5.74, 6) is -0.372. The highest BCUT2D eigenvalue weighted by atomic mass is 35.5. The van der Waals surface area contributed by atoms with E-state index in [-0.39, 0.29) is 41.4 Å². The molecule has 1 N–H and O–H groups in total. The van der Waals surface area contributed by atoms with Gasteiger partial charge in [0.25, 0.3) is 15.9 Å². The van der Waals surface area contributed by atoms with Crippen LogP contribution in [0.2, 0.25) is 4.34 Å². The molecule has 8 nitrogen and oxygen atoms in total. The smallest absolute Gasteiger partial charge is 0.273 e. The lowest BCUT2D eigenvalue weighted by molar-refractivity contribution is 0.0938. The molecule has 3 heterocycles. The van der Waals surface area contributed by atoms with E-state index in [1.54, 1.807) is 0 Å². The summed E-state index contributed by atoms with van der Waals surface area (Å²) in [5, 5.41) is 10.4. The lowest BCUT2D eigenvalue weighted by Gasteiger charge is -2.22. The van der Waals surface area contributed by atoms with Crippen molar-refractivity contribution < 1.29 is 17.6 Å². The Labute approximate surface area is 165 Å². The fourth-order valence-corrected chi connectivity index (χ4v) is 6.15. The Kier molecular flexibility index (Phi) is 5.84. The minimum absolute atomic E-state index is 0.0473. The van der Waals surface area contributed by atoms with Crippen LogP contribution in [0.4, 0.5) is 4.39 Å². The molecule has 3 rings (SSSR count). The number of nitrogens with one attached hydrogen (secondary N) is 1. The van der Waals surface area contributed by atoms with Gasteiger partial charge in [-0.2, -0.15) is 4.31 Å². The van der Waals surface area contributed by atoms with E-state index in [9.17, 15) is 17.6 Å². The zero-order chi connectivity index (χ0) is 19.8. The Morgan fingerprint density at radius 3 is 2.85 bits per heavy atom. The number of hydrogen-bond acceptors (Lipinski definition) is 6. The number of alkyl halides is 1. The third kappa shape index (κ3) is 4.48. The Hall–Kier alpha value is -1.56. The van der Waals surface area contributed by atoms with Crippen molar-refractivity contribution in [1.29, 1.82) is 0 Å². The van der Waals surface area contributed by atoms with Gasteiger partial charge in [-0.05, 0) is 32.4 Å². The SMILES string of the molecule is CC(C)NC(=O)c1cn(C[C@@H]2C[C@H](F)CN2S(=O)(=O)c2ccc(Cl)s2)nn1. The second-order valence-corrected chi connectivity index (χ2v) is 10.4. The molecular formula is C15H19ClFN5O3S2. The van der Waals surface area contributed by atoms with Gasteiger partial charge < -0.3 is 5.32 Å². The fourth-order valence-electron chi connectivity index (χ4n) is 2.89. The van der Waals surface area contributed by atoms with Crippen LogP contribution in [0.5, 0.6) is 0 Å². The predicted octanol–water partition coefficient (Wildman–Crippen LogP) is 1.93. The number of rotatable bonds is 6. The van der Waals surface area contributed by atoms with Crippen molar-refractivity contribution in [2.45, 2.75) is 49.3 Å². The standard InChI is InChI=1S/C15H19ClFN5O3S2/c1-9(2)18-15(23)12-8-21(20-19-12)7-11-5-10(17)6-22(11)27(24,25)14-4-3-13(16)26-14/h3-4,8-11H,5-7H2,1-2H3,(H,18,23)/t10-,11-/m0/s1. The summed E-state index contributed by atoms with van der Waals surface area (Å²) in [6, 6.07) is 2.22. The Morgan fingerprint density at radius 2 is 2.22 bits per heavy atom. The van der Waals surface area contributed by atoms with E-state index >= 15 is 0 Å². The van der Waals surface area contributed by atoms with Crippen LogP contribution in [0.25, 0.3) is 0 Å². The summed E-state index contributed by atoms with van der Waals surface area (Å²) in [6.45, 7) is 3.52. The fraction of sp³-hybridized carbons (Fsp3) is 0.533. The summed E-state index contributed by atoms with van der Waals surface area (Å²) in [7, 11) is -3.86. The van der Waals surface area contributed by atoms with E-state index in [1.807, 2.05) is 13.8 Å². The molecule has 2 aromatic heterocycles. The van der Waals surface area contributed by atoms with E-state index in [2.05, 4.69) is 15.6 Å². The molecule has 2 atom stereocenters. The maximum atomic E-state index is 14.0. The normalized spacial score (nSPS) is 21.1. The maximum absolute atomic E-state index is 14.0. The van der Waals surface area contributed by atoms with Gasteiger partial charge in [-0.25, -0.2) is 12.8 Å². The number of sulfonamides is 1. The highest BCUT2D eigenvalue weighted by Gasteiger charge is 2.41. The van der Waals surface area contributed by atoms with Crippen molar-refractivity contribution in [3.63, 3.8) is 0 Å². The molecule has 1 aliphatic heterocycles. The molecule has 0 spiro atoms. The van der Waals surface area contributed by atoms with Gasteiger partial charge in [-0.15, -0.1) is 16.4 Å². The molecule has 2 aromatic rings. The van der Waals surface area contributed by atoms with Gasteiger partial charge in [0.1, 0.15) is 10.4 Å². The molecule has 1 aliphatic rings. The van der Waals surface area contributed by atoms with Crippen molar-refractivity contribution in [3.8, 4) is 0 Å². The molecule has 0 aromatic carbocycles. The van der Waals surface area contributed by atoms with Crippen LogP contribution >= 0.6 is 22.9 Å². The van der Waals surface area contributed by atoms with Crippen LogP contribution in [0, 0.1) is 0 Å². The Bertz CT molecular complexity index is 930. The number of thiophene rings is 1. The van der Waals surface area contributed by atoms with Crippen molar-refractivity contribution in [2.75, 3.05) is 6.54 Å². The Morgan fingerprint density at radius 1 is 1.48 bits per heavy atom. The van der Waals surface area contributed by atoms with E-state index in [0.717, 1.165) is 15.6 Å². The van der Waals surface area contributed by atoms with Gasteiger partial charge in [-0.3, -0.25) is 9.48 Å². The molecule has 1 amide bonds. The molecular weight excluding hydrogens is 417 g/mol. The predicted molar refractivity (Wildman–Crippen MR) is 99.1 cm³/mol. The van der Waals surface area contributed by atoms with Gasteiger partial charge in [0.15, 0.2) is 5.69 Å². The van der Waals surface area contributed by atoms with Crippen LogP contribution in [0.3, 0.4) is 0 Å². The zero-order valence-electron chi connectivity index (χ0n) is 14.7. The van der Waals surface area contributed by atoms with Gasteiger partial charge >= 0.3 is 0 Å². The van der Waals surface area contributed by atoms with Gasteiger partial charge in [0, 0.05) is 18.6 Å². The molecule has 0 saturated carbocycles. The number of aromatic nitrogens is 3. The van der Waals surface area contributed by atoms with Crippen molar-refractivity contribution in [2.24, 2.45) is 0 Å². The lowest BCUT2D eigenvalue weighted by Crippen LogP contribution is -2.38. The minimum Gasteiger partial charge on any atom is -0.348 e. The third-order valence-electron chi connectivity index (χ3n) is 4.01. The monoisotopic (exact) mass is 435 g/mol. The molecule has 12 heteroatoms. The summed E-state index contributed by atoms with van der Waals surface area (Å²) >= 11 is 6.77. The highest BCUT2D eigenvalue weighted by molar-refractivity contribution is 7.91. The number of amides is 1. The molecule has 1 saturated heterocycles. The van der Waals surface area contributed by atoms with Crippen LogP contribution in [0.1, 0.15) is 30.8 Å². The van der Waals surface area contributed by atoms with Gasteiger partial charge in [0.2, 0.25) is 0 Å². The van der Waals surface area contributed by atoms with Crippen molar-refractivity contribution in [1.82, 2.24) is 24.6 Å². The van der Waals surface area contributed by atoms with Crippen LogP contribution < -0.4 is 5.32 Å². The van der Waals surface area contributed by atoms with Crippen LogP contribution in [0.15, 0.2) is 22.5 Å². The third-order valence-corrected chi connectivity index (χ3v) is 7.63. The van der Waals surface area contributed by atoms with Gasteiger partial charge in [-0.1, -0.05) is 16.8 Å². The van der Waals surface area contributed by atoms with Crippen LogP contribution in [-0.2, 0) is 16.6 Å². The summed E-state index contributed by atoms with van der Waals surface area (Å²) < 4.78 is 42.6. The van der Waals surface area contributed by atoms with E-state index in [4.69, 9.17) is 11.6 Å². The van der Waals surface area contributed by atoms with E-state index in [1.165, 1.54) is 23.0 Å². The molecule has 0 radical (unpaired) electrons. The quantitative estimate of drug-likeness (QED) is 0.747. The number of halogens is 2. The molecule has 1 fully saturated rings. The van der Waals surface area contributed by atoms with Gasteiger partial charge in [0.05, 0.1) is 17.1 Å². The first-order valence-corrected chi connectivity index (χ1v) is 10.9. The summed E-state index contributed by atoms with van der Waals surface area (Å²) in [6.07, 6.45) is 0.203. The molecule has 0 unspecified atom stereocenters. The molecule has 148 valence electrons. The largest absolute Gasteiger partial charge is 0.348 e. The van der Waals surface area contributed by atoms with Crippen LogP contribution in [-0.4, -0.2) is 58.4 Å². The topological polar surface area (TPSA) is 97.2 Å². The van der Waals surface area contributed by atoms with E-state index < -0.39 is 22.2 Å². The number of carbonyl (C=O) groups is 1. The summed E-state index contributed by atoms with van der Waals surface area (Å²) in [4.78, 5) is 12.0. The molecule has 27 heavy (non-hydrogen) atoms. The van der Waals surface area contributed by atoms with Crippen molar-refractivity contribution in [3.05, 3.63) is 28.4 Å². The number of nitrogens with zero attached hydrogens (tertiary/aromatic N) is 4. The molecule has 0 bridgehead atoms. The molecule has 0 aliphatic carbocycles. The first-order chi connectivity index (χ1) is 12.7. The second-order valence-electron chi connectivity index (χ2n) is 6.57. The average Bonchev–Trinajstić information content (AvgIpc) is 3.27. The Balaban J connectivity index is 1.77. The zero-order valence-corrected chi connectivity index (χ0v) is 17.1. The summed E-state index contributed by atoms with van der Waals surface area (Å²) in [5.41, 5.74) is 0.123. The maximum Gasteiger partial charge on any atom is 0.273 e. The highest BCUT2D eigenvalue weighted by Crippen LogP contribution is 2.33. The minimum atomic E-state index is -3.86. The number of hydrogen-bond donors (Lipinski definition) is 1. The second kappa shape index (κ2) is 7.82. The van der Waals surface area contributed by atoms with Crippen molar-refractivity contribution >= 4 is 38.9 Å². The average molecular weight is 436 g/mol. The first-order valence-electron chi connectivity index (χ1n) is 8.29. The number of carbonyl (C=O) groups excluding carboxylic acids is 1.